The molecule has 2 heterocycles. The molecular weight excluding hydrogens is 603 g/mol. The van der Waals surface area contributed by atoms with Gasteiger partial charge in [-0.05, 0) is 64.4 Å². The molecule has 2 unspecified atom stereocenters. The number of hydrogen-bond donors (Lipinski definition) is 0. The van der Waals surface area contributed by atoms with E-state index >= 15 is 0 Å². The Morgan fingerprint density at radius 2 is 1.17 bits per heavy atom. The van der Waals surface area contributed by atoms with Crippen molar-refractivity contribution in [1.29, 1.82) is 0 Å². The van der Waals surface area contributed by atoms with Gasteiger partial charge in [0.25, 0.3) is 0 Å². The van der Waals surface area contributed by atoms with Crippen LogP contribution < -0.4 is 0 Å². The Hall–Kier alpha value is -5.32. The lowest BCUT2D eigenvalue weighted by atomic mass is 9.79. The zero-order chi connectivity index (χ0) is 32.1. The molecule has 2 atom stereocenters. The Kier molecular flexibility index (Phi) is 7.05. The van der Waals surface area contributed by atoms with Crippen LogP contribution in [0.5, 0.6) is 0 Å². The Morgan fingerprint density at radius 3 is 1.90 bits per heavy atom. The first-order chi connectivity index (χ1) is 23.6. The summed E-state index contributed by atoms with van der Waals surface area (Å²) in [6.07, 6.45) is 13.9. The second-order valence-corrected chi connectivity index (χ2v) is 14.5. The lowest BCUT2D eigenvalue weighted by molar-refractivity contribution is 0.616. The van der Waals surface area contributed by atoms with Crippen LogP contribution in [-0.2, 0) is 0 Å². The normalized spacial score (nSPS) is 19.7. The molecule has 6 aromatic rings. The van der Waals surface area contributed by atoms with E-state index in [9.17, 15) is 0 Å². The van der Waals surface area contributed by atoms with Crippen LogP contribution in [0.2, 0.25) is 0 Å². The molecular formula is C44H33N3S. The molecule has 1 aliphatic heterocycles. The second kappa shape index (κ2) is 11.7. The summed E-state index contributed by atoms with van der Waals surface area (Å²) >= 11 is 1.97. The molecule has 3 aliphatic rings. The number of benzene rings is 5. The fourth-order valence-electron chi connectivity index (χ4n) is 7.22. The standard InChI is InChI=1S/C44H33N3S/c1-44-28-37(25-26-39(44)38-13-7-8-14-40(38)48-44)43-46-41(33-10-3-2-4-11-33)45-42(47-43)34-22-19-31(20-23-34)30-15-17-32(18-16-30)36-24-21-29-9-5-6-12-35(29)27-36/h2-6,8-12,14-28,39H,7,13H2,1H3. The second-order valence-electron chi connectivity index (χ2n) is 12.9. The molecule has 230 valence electrons. The summed E-state index contributed by atoms with van der Waals surface area (Å²) in [5, 5.41) is 2.52. The summed E-state index contributed by atoms with van der Waals surface area (Å²) in [6, 6.07) is 42.8. The SMILES string of the molecule is CC12C=C(c3nc(-c4ccccc4)nc(-c4ccc(-c5ccc(-c6ccc7ccccc7c6)cc5)cc4)n3)C=CC1C1=C(C=CCC1)S2. The molecule has 0 radical (unpaired) electrons. The van der Waals surface area contributed by atoms with Crippen LogP contribution in [0, 0.1) is 5.92 Å². The molecule has 4 heteroatoms. The third kappa shape index (κ3) is 5.23. The molecule has 1 aromatic heterocycles. The summed E-state index contributed by atoms with van der Waals surface area (Å²) in [4.78, 5) is 16.5. The molecule has 0 spiro atoms. The van der Waals surface area contributed by atoms with Crippen LogP contribution in [0.3, 0.4) is 0 Å². The highest BCUT2D eigenvalue weighted by atomic mass is 32.2. The highest BCUT2D eigenvalue weighted by Crippen LogP contribution is 2.56. The first-order valence-corrected chi connectivity index (χ1v) is 17.4. The minimum absolute atomic E-state index is 0.0470. The molecule has 0 bridgehead atoms. The number of thioether (sulfide) groups is 1. The molecule has 5 aromatic carbocycles. The van der Waals surface area contributed by atoms with Gasteiger partial charge in [-0.1, -0.05) is 146 Å². The van der Waals surface area contributed by atoms with Crippen molar-refractivity contribution in [1.82, 2.24) is 15.0 Å². The van der Waals surface area contributed by atoms with E-state index in [1.165, 1.54) is 32.4 Å². The fourth-order valence-corrected chi connectivity index (χ4v) is 8.75. The van der Waals surface area contributed by atoms with Crippen molar-refractivity contribution in [2.45, 2.75) is 24.5 Å². The topological polar surface area (TPSA) is 38.7 Å². The van der Waals surface area contributed by atoms with Crippen LogP contribution in [0.4, 0.5) is 0 Å². The number of aromatic nitrogens is 3. The van der Waals surface area contributed by atoms with Crippen molar-refractivity contribution in [3.05, 3.63) is 168 Å². The summed E-state index contributed by atoms with van der Waals surface area (Å²) in [6.45, 7) is 2.35. The number of nitrogens with zero attached hydrogens (tertiary/aromatic N) is 3. The van der Waals surface area contributed by atoms with Crippen molar-refractivity contribution < 1.29 is 0 Å². The van der Waals surface area contributed by atoms with Gasteiger partial charge in [0.1, 0.15) is 0 Å². The number of hydrogen-bond acceptors (Lipinski definition) is 4. The average Bonchev–Trinajstić information content (AvgIpc) is 3.46. The van der Waals surface area contributed by atoms with Crippen molar-refractivity contribution in [2.24, 2.45) is 5.92 Å². The van der Waals surface area contributed by atoms with E-state index in [4.69, 9.17) is 15.0 Å². The van der Waals surface area contributed by atoms with E-state index in [1.807, 2.05) is 30.0 Å². The van der Waals surface area contributed by atoms with Gasteiger partial charge in [0.2, 0.25) is 0 Å². The lowest BCUT2D eigenvalue weighted by Crippen LogP contribution is -2.27. The molecule has 48 heavy (non-hydrogen) atoms. The van der Waals surface area contributed by atoms with E-state index in [-0.39, 0.29) is 4.75 Å². The van der Waals surface area contributed by atoms with E-state index < -0.39 is 0 Å². The van der Waals surface area contributed by atoms with E-state index in [2.05, 4.69) is 140 Å². The fraction of sp³-hybridized carbons (Fsp3) is 0.114. The maximum absolute atomic E-state index is 5.08. The molecule has 0 N–H and O–H groups in total. The smallest absolute Gasteiger partial charge is 0.164 e. The van der Waals surface area contributed by atoms with Gasteiger partial charge in [-0.25, -0.2) is 15.0 Å². The van der Waals surface area contributed by atoms with Crippen molar-refractivity contribution in [3.8, 4) is 45.0 Å². The minimum atomic E-state index is -0.0470. The van der Waals surface area contributed by atoms with Gasteiger partial charge in [-0.15, -0.1) is 11.8 Å². The summed E-state index contributed by atoms with van der Waals surface area (Å²) in [5.41, 5.74) is 9.33. The predicted molar refractivity (Wildman–Crippen MR) is 201 cm³/mol. The predicted octanol–water partition coefficient (Wildman–Crippen LogP) is 11.4. The molecule has 0 fully saturated rings. The summed E-state index contributed by atoms with van der Waals surface area (Å²) < 4.78 is -0.0470. The third-order valence-corrected chi connectivity index (χ3v) is 11.2. The highest BCUT2D eigenvalue weighted by Gasteiger charge is 2.43. The quantitative estimate of drug-likeness (QED) is 0.189. The summed E-state index contributed by atoms with van der Waals surface area (Å²) in [7, 11) is 0. The summed E-state index contributed by atoms with van der Waals surface area (Å²) in [5.74, 6) is 2.49. The monoisotopic (exact) mass is 635 g/mol. The van der Waals surface area contributed by atoms with Gasteiger partial charge in [0, 0.05) is 32.3 Å². The van der Waals surface area contributed by atoms with E-state index in [0.29, 0.717) is 23.4 Å². The Balaban J connectivity index is 1.03. The molecule has 0 saturated heterocycles. The van der Waals surface area contributed by atoms with Crippen molar-refractivity contribution in [2.75, 3.05) is 0 Å². The first-order valence-electron chi connectivity index (χ1n) is 16.6. The average molecular weight is 636 g/mol. The van der Waals surface area contributed by atoms with Crippen LogP contribution in [0.15, 0.2) is 162 Å². The van der Waals surface area contributed by atoms with E-state index in [0.717, 1.165) is 35.1 Å². The van der Waals surface area contributed by atoms with E-state index in [1.54, 1.807) is 5.57 Å². The van der Waals surface area contributed by atoms with Gasteiger partial charge < -0.3 is 0 Å². The zero-order valence-corrected chi connectivity index (χ0v) is 27.5. The highest BCUT2D eigenvalue weighted by molar-refractivity contribution is 8.05. The Bertz CT molecular complexity index is 2310. The first kappa shape index (κ1) is 28.9. The van der Waals surface area contributed by atoms with Gasteiger partial charge >= 0.3 is 0 Å². The minimum Gasteiger partial charge on any atom is -0.208 e. The van der Waals surface area contributed by atoms with Gasteiger partial charge in [0.05, 0.1) is 0 Å². The Labute approximate surface area is 285 Å². The molecule has 2 aliphatic carbocycles. The van der Waals surface area contributed by atoms with Crippen LogP contribution >= 0.6 is 11.8 Å². The third-order valence-electron chi connectivity index (χ3n) is 9.77. The Morgan fingerprint density at radius 1 is 0.583 bits per heavy atom. The number of rotatable bonds is 5. The molecule has 9 rings (SSSR count). The van der Waals surface area contributed by atoms with Gasteiger partial charge in [-0.3, -0.25) is 0 Å². The molecule has 3 nitrogen and oxygen atoms in total. The molecule has 0 amide bonds. The van der Waals surface area contributed by atoms with Crippen LogP contribution in [-0.4, -0.2) is 19.7 Å². The van der Waals surface area contributed by atoms with Crippen molar-refractivity contribution >= 4 is 28.1 Å². The molecule has 0 saturated carbocycles. The number of fused-ring (bicyclic) bond motifs is 3. The lowest BCUT2D eigenvalue weighted by Gasteiger charge is -2.31. The van der Waals surface area contributed by atoms with Crippen LogP contribution in [0.1, 0.15) is 25.6 Å². The van der Waals surface area contributed by atoms with Gasteiger partial charge in [0.15, 0.2) is 17.5 Å². The zero-order valence-electron chi connectivity index (χ0n) is 26.7. The largest absolute Gasteiger partial charge is 0.208 e. The van der Waals surface area contributed by atoms with Crippen molar-refractivity contribution in [3.63, 3.8) is 0 Å². The van der Waals surface area contributed by atoms with Gasteiger partial charge in [-0.2, -0.15) is 0 Å². The maximum Gasteiger partial charge on any atom is 0.164 e. The van der Waals surface area contributed by atoms with Crippen LogP contribution in [0.25, 0.3) is 61.4 Å². The maximum atomic E-state index is 5.08. The number of allylic oxidation sites excluding steroid dienone is 6.